The Hall–Kier alpha value is -1.20. The molecule has 0 radical (unpaired) electrons. The fourth-order valence-electron chi connectivity index (χ4n) is 2.96. The average Bonchev–Trinajstić information content (AvgIpc) is 2.88. The lowest BCUT2D eigenvalue weighted by atomic mass is 9.77. The number of nitrogens with zero attached hydrogens (tertiary/aromatic N) is 2. The van der Waals surface area contributed by atoms with Crippen LogP contribution in [0.3, 0.4) is 0 Å². The van der Waals surface area contributed by atoms with Crippen LogP contribution in [-0.2, 0) is 5.54 Å². The lowest BCUT2D eigenvalue weighted by Gasteiger charge is -2.33. The van der Waals surface area contributed by atoms with Crippen molar-refractivity contribution in [2.45, 2.75) is 38.1 Å². The van der Waals surface area contributed by atoms with Crippen molar-refractivity contribution in [3.05, 3.63) is 34.6 Å². The summed E-state index contributed by atoms with van der Waals surface area (Å²) in [5, 5.41) is 4.09. The number of halogens is 1. The molecule has 0 aliphatic heterocycles. The lowest BCUT2D eigenvalue weighted by Crippen LogP contribution is -2.41. The third-order valence-electron chi connectivity index (χ3n) is 3.97. The molecule has 0 bridgehead atoms. The van der Waals surface area contributed by atoms with Gasteiger partial charge in [-0.25, -0.2) is 0 Å². The Bertz CT molecular complexity index is 613. The maximum absolute atomic E-state index is 6.49. The molecule has 5 heteroatoms. The number of hydrogen-bond acceptors (Lipinski definition) is 4. The maximum Gasteiger partial charge on any atom is 0.247 e. The Morgan fingerprint density at radius 3 is 3.05 bits per heavy atom. The molecule has 2 aromatic rings. The molecule has 2 unspecified atom stereocenters. The summed E-state index contributed by atoms with van der Waals surface area (Å²) in [6, 6.07) is 7.86. The van der Waals surface area contributed by atoms with Crippen molar-refractivity contribution in [1.82, 2.24) is 10.1 Å². The van der Waals surface area contributed by atoms with Crippen LogP contribution in [0, 0.1) is 5.92 Å². The van der Waals surface area contributed by atoms with Crippen LogP contribution in [0.25, 0.3) is 11.4 Å². The van der Waals surface area contributed by atoms with Crippen LogP contribution >= 0.6 is 15.9 Å². The van der Waals surface area contributed by atoms with Gasteiger partial charge < -0.3 is 10.3 Å². The Labute approximate surface area is 126 Å². The zero-order valence-corrected chi connectivity index (χ0v) is 13.1. The van der Waals surface area contributed by atoms with Gasteiger partial charge in [-0.3, -0.25) is 0 Å². The molecule has 1 saturated carbocycles. The van der Waals surface area contributed by atoms with E-state index in [2.05, 4.69) is 33.0 Å². The Balaban J connectivity index is 1.90. The summed E-state index contributed by atoms with van der Waals surface area (Å²) in [6.07, 6.45) is 4.17. The first-order valence-corrected chi connectivity index (χ1v) is 7.75. The fourth-order valence-corrected chi connectivity index (χ4v) is 3.36. The van der Waals surface area contributed by atoms with Gasteiger partial charge in [0.05, 0.1) is 5.54 Å². The first kappa shape index (κ1) is 13.8. The number of nitrogens with two attached hydrogens (primary N) is 1. The van der Waals surface area contributed by atoms with E-state index in [4.69, 9.17) is 10.3 Å². The second-order valence-corrected chi connectivity index (χ2v) is 6.71. The van der Waals surface area contributed by atoms with Gasteiger partial charge in [0.1, 0.15) is 0 Å². The highest BCUT2D eigenvalue weighted by Crippen LogP contribution is 2.37. The lowest BCUT2D eigenvalue weighted by molar-refractivity contribution is 0.183. The highest BCUT2D eigenvalue weighted by molar-refractivity contribution is 9.10. The van der Waals surface area contributed by atoms with Crippen LogP contribution in [0.2, 0.25) is 0 Å². The molecule has 20 heavy (non-hydrogen) atoms. The minimum atomic E-state index is -0.463. The van der Waals surface area contributed by atoms with Gasteiger partial charge >= 0.3 is 0 Å². The summed E-state index contributed by atoms with van der Waals surface area (Å²) in [5.74, 6) is 1.78. The van der Waals surface area contributed by atoms with Crippen LogP contribution in [0.15, 0.2) is 33.3 Å². The molecule has 1 fully saturated rings. The summed E-state index contributed by atoms with van der Waals surface area (Å²) < 4.78 is 6.44. The summed E-state index contributed by atoms with van der Waals surface area (Å²) in [4.78, 5) is 4.53. The molecule has 1 aromatic heterocycles. The van der Waals surface area contributed by atoms with E-state index in [0.717, 1.165) is 29.3 Å². The number of benzene rings is 1. The first-order valence-electron chi connectivity index (χ1n) is 6.96. The smallest absolute Gasteiger partial charge is 0.247 e. The van der Waals surface area contributed by atoms with E-state index in [1.165, 1.54) is 6.42 Å². The molecule has 1 aliphatic carbocycles. The standard InChI is InChI=1S/C15H18BrN3O/c1-10-4-3-7-15(17,9-10)14-18-13(19-20-14)11-5-2-6-12(16)8-11/h2,5-6,8,10H,3-4,7,9,17H2,1H3. The molecule has 2 atom stereocenters. The third-order valence-corrected chi connectivity index (χ3v) is 4.46. The summed E-state index contributed by atoms with van der Waals surface area (Å²) >= 11 is 3.45. The number of hydrogen-bond donors (Lipinski definition) is 1. The van der Waals surface area contributed by atoms with Crippen LogP contribution in [0.4, 0.5) is 0 Å². The summed E-state index contributed by atoms with van der Waals surface area (Å²) in [5.41, 5.74) is 6.96. The van der Waals surface area contributed by atoms with E-state index in [1.54, 1.807) is 0 Å². The van der Waals surface area contributed by atoms with Crippen molar-refractivity contribution >= 4 is 15.9 Å². The molecule has 0 saturated heterocycles. The second-order valence-electron chi connectivity index (χ2n) is 5.79. The normalized spacial score (nSPS) is 26.6. The van der Waals surface area contributed by atoms with Crippen LogP contribution in [0.1, 0.15) is 38.5 Å². The molecule has 1 aliphatic rings. The van der Waals surface area contributed by atoms with Crippen LogP contribution in [-0.4, -0.2) is 10.1 Å². The number of rotatable bonds is 2. The van der Waals surface area contributed by atoms with Gasteiger partial charge in [0, 0.05) is 10.0 Å². The molecule has 0 spiro atoms. The molecule has 4 nitrogen and oxygen atoms in total. The van der Waals surface area contributed by atoms with Gasteiger partial charge in [-0.05, 0) is 30.9 Å². The average molecular weight is 336 g/mol. The van der Waals surface area contributed by atoms with Gasteiger partial charge in [-0.1, -0.05) is 53.0 Å². The fraction of sp³-hybridized carbons (Fsp3) is 0.467. The molecule has 2 N–H and O–H groups in total. The van der Waals surface area contributed by atoms with Crippen LogP contribution < -0.4 is 5.73 Å². The van der Waals surface area contributed by atoms with Crippen molar-refractivity contribution in [2.75, 3.05) is 0 Å². The van der Waals surface area contributed by atoms with E-state index >= 15 is 0 Å². The highest BCUT2D eigenvalue weighted by Gasteiger charge is 2.37. The van der Waals surface area contributed by atoms with Gasteiger partial charge in [0.25, 0.3) is 0 Å². The summed E-state index contributed by atoms with van der Waals surface area (Å²) in [7, 11) is 0. The molecule has 0 amide bonds. The van der Waals surface area contributed by atoms with Crippen LogP contribution in [0.5, 0.6) is 0 Å². The van der Waals surface area contributed by atoms with E-state index in [9.17, 15) is 0 Å². The first-order chi connectivity index (χ1) is 9.57. The predicted octanol–water partition coefficient (Wildman–Crippen LogP) is 3.86. The minimum absolute atomic E-state index is 0.463. The predicted molar refractivity (Wildman–Crippen MR) is 80.9 cm³/mol. The maximum atomic E-state index is 6.49. The summed E-state index contributed by atoms with van der Waals surface area (Å²) in [6.45, 7) is 2.23. The van der Waals surface area contributed by atoms with E-state index in [0.29, 0.717) is 17.6 Å². The van der Waals surface area contributed by atoms with Gasteiger partial charge in [0.15, 0.2) is 0 Å². The molecule has 106 valence electrons. The van der Waals surface area contributed by atoms with Crippen molar-refractivity contribution in [3.63, 3.8) is 0 Å². The Kier molecular flexibility index (Phi) is 3.65. The minimum Gasteiger partial charge on any atom is -0.337 e. The topological polar surface area (TPSA) is 64.9 Å². The Morgan fingerprint density at radius 1 is 1.45 bits per heavy atom. The van der Waals surface area contributed by atoms with Gasteiger partial charge in [0.2, 0.25) is 11.7 Å². The largest absolute Gasteiger partial charge is 0.337 e. The molecular weight excluding hydrogens is 318 g/mol. The Morgan fingerprint density at radius 2 is 2.30 bits per heavy atom. The highest BCUT2D eigenvalue weighted by atomic mass is 79.9. The zero-order valence-electron chi connectivity index (χ0n) is 11.5. The molecule has 1 heterocycles. The molecule has 1 aromatic carbocycles. The van der Waals surface area contributed by atoms with E-state index in [-0.39, 0.29) is 0 Å². The van der Waals surface area contributed by atoms with E-state index < -0.39 is 5.54 Å². The van der Waals surface area contributed by atoms with Gasteiger partial charge in [-0.2, -0.15) is 4.98 Å². The second kappa shape index (κ2) is 5.30. The van der Waals surface area contributed by atoms with Crippen molar-refractivity contribution < 1.29 is 4.52 Å². The quantitative estimate of drug-likeness (QED) is 0.904. The van der Waals surface area contributed by atoms with Crippen molar-refractivity contribution in [2.24, 2.45) is 11.7 Å². The number of aromatic nitrogens is 2. The monoisotopic (exact) mass is 335 g/mol. The van der Waals surface area contributed by atoms with Gasteiger partial charge in [-0.15, -0.1) is 0 Å². The SMILES string of the molecule is CC1CCCC(N)(c2nc(-c3cccc(Br)c3)no2)C1. The molecular formula is C15H18BrN3O. The van der Waals surface area contributed by atoms with Crippen molar-refractivity contribution in [3.8, 4) is 11.4 Å². The molecule has 3 rings (SSSR count). The van der Waals surface area contributed by atoms with Crippen molar-refractivity contribution in [1.29, 1.82) is 0 Å². The zero-order chi connectivity index (χ0) is 14.2. The third kappa shape index (κ3) is 2.65. The van der Waals surface area contributed by atoms with E-state index in [1.807, 2.05) is 24.3 Å².